The van der Waals surface area contributed by atoms with Crippen molar-refractivity contribution < 1.29 is 19.0 Å². The normalized spacial score (nSPS) is 10.5. The summed E-state index contributed by atoms with van der Waals surface area (Å²) < 4.78 is 17.1. The van der Waals surface area contributed by atoms with E-state index in [9.17, 15) is 4.79 Å². The summed E-state index contributed by atoms with van der Waals surface area (Å²) in [4.78, 5) is 12.8. The van der Waals surface area contributed by atoms with Crippen LogP contribution in [0.3, 0.4) is 0 Å². The highest BCUT2D eigenvalue weighted by Gasteiger charge is 2.11. The molecule has 1 N–H and O–H groups in total. The molecule has 5 nitrogen and oxygen atoms in total. The fraction of sp³-hybridized carbons (Fsp3) is 0.107. The predicted octanol–water partition coefficient (Wildman–Crippen LogP) is 6.46. The molecule has 0 heterocycles. The monoisotopic (exact) mass is 439 g/mol. The van der Waals surface area contributed by atoms with Crippen LogP contribution in [-0.4, -0.2) is 13.0 Å². The Bertz CT molecular complexity index is 1180. The number of ether oxygens (including phenoxy) is 3. The molecule has 4 rings (SSSR count). The molecule has 4 aromatic rings. The van der Waals surface area contributed by atoms with Crippen LogP contribution in [0.1, 0.15) is 21.5 Å². The second-order valence-corrected chi connectivity index (χ2v) is 7.40. The molecule has 5 heteroatoms. The second-order valence-electron chi connectivity index (χ2n) is 7.40. The van der Waals surface area contributed by atoms with Crippen molar-refractivity contribution in [2.75, 3.05) is 12.4 Å². The number of carbonyl (C=O) groups excluding carboxylic acids is 1. The quantitative estimate of drug-likeness (QED) is 0.325. The zero-order valence-corrected chi connectivity index (χ0v) is 18.4. The Balaban J connectivity index is 1.38. The summed E-state index contributed by atoms with van der Waals surface area (Å²) in [5, 5.41) is 2.92. The standard InChI is InChI=1S/C28H25NO4/c1-31-27-17-12-22(18-23(27)20-32-19-21-8-4-2-5-9-21)28(30)29-24-13-15-26(16-14-24)33-25-10-6-3-7-11-25/h2-18H,19-20H2,1H3,(H,29,30). The van der Waals surface area contributed by atoms with Gasteiger partial charge in [0.05, 0.1) is 20.3 Å². The van der Waals surface area contributed by atoms with Crippen LogP contribution in [0, 0.1) is 0 Å². The van der Waals surface area contributed by atoms with Gasteiger partial charge in [0.15, 0.2) is 0 Å². The van der Waals surface area contributed by atoms with Crippen molar-refractivity contribution in [3.8, 4) is 17.2 Å². The lowest BCUT2D eigenvalue weighted by atomic mass is 10.1. The molecule has 4 aromatic carbocycles. The SMILES string of the molecule is COc1ccc(C(=O)Nc2ccc(Oc3ccccc3)cc2)cc1COCc1ccccc1. The second kappa shape index (κ2) is 11.0. The summed E-state index contributed by atoms with van der Waals surface area (Å²) in [5.41, 5.74) is 3.11. The number of nitrogens with one attached hydrogen (secondary N) is 1. The number of methoxy groups -OCH3 is 1. The molecule has 166 valence electrons. The number of hydrogen-bond donors (Lipinski definition) is 1. The highest BCUT2D eigenvalue weighted by Crippen LogP contribution is 2.24. The van der Waals surface area contributed by atoms with E-state index >= 15 is 0 Å². The number of amides is 1. The minimum Gasteiger partial charge on any atom is -0.496 e. The molecule has 33 heavy (non-hydrogen) atoms. The minimum absolute atomic E-state index is 0.210. The van der Waals surface area contributed by atoms with E-state index in [1.165, 1.54) is 0 Å². The molecule has 0 aliphatic rings. The van der Waals surface area contributed by atoms with E-state index < -0.39 is 0 Å². The molecular formula is C28H25NO4. The van der Waals surface area contributed by atoms with Crippen molar-refractivity contribution >= 4 is 11.6 Å². The number of rotatable bonds is 9. The van der Waals surface area contributed by atoms with Gasteiger partial charge in [-0.3, -0.25) is 4.79 Å². The zero-order valence-electron chi connectivity index (χ0n) is 18.4. The lowest BCUT2D eigenvalue weighted by Gasteiger charge is -2.12. The molecule has 0 bridgehead atoms. The van der Waals surface area contributed by atoms with Gasteiger partial charge >= 0.3 is 0 Å². The number of hydrogen-bond acceptors (Lipinski definition) is 4. The van der Waals surface area contributed by atoms with E-state index in [1.807, 2.05) is 84.9 Å². The highest BCUT2D eigenvalue weighted by molar-refractivity contribution is 6.04. The minimum atomic E-state index is -0.210. The maximum absolute atomic E-state index is 12.8. The van der Waals surface area contributed by atoms with Crippen LogP contribution >= 0.6 is 0 Å². The summed E-state index contributed by atoms with van der Waals surface area (Å²) in [7, 11) is 1.61. The Kier molecular flexibility index (Phi) is 7.36. The maximum atomic E-state index is 12.8. The van der Waals surface area contributed by atoms with Crippen LogP contribution in [0.4, 0.5) is 5.69 Å². The van der Waals surface area contributed by atoms with Crippen LogP contribution in [-0.2, 0) is 18.0 Å². The van der Waals surface area contributed by atoms with E-state index in [0.29, 0.717) is 36.0 Å². The average Bonchev–Trinajstić information content (AvgIpc) is 2.86. The topological polar surface area (TPSA) is 56.8 Å². The van der Waals surface area contributed by atoms with Crippen molar-refractivity contribution in [3.63, 3.8) is 0 Å². The molecule has 0 spiro atoms. The lowest BCUT2D eigenvalue weighted by molar-refractivity contribution is 0.102. The van der Waals surface area contributed by atoms with Gasteiger partial charge in [-0.25, -0.2) is 0 Å². The maximum Gasteiger partial charge on any atom is 0.255 e. The van der Waals surface area contributed by atoms with Gasteiger partial charge in [-0.1, -0.05) is 48.5 Å². The third-order valence-electron chi connectivity index (χ3n) is 5.00. The Morgan fingerprint density at radius 2 is 1.42 bits per heavy atom. The molecule has 1 amide bonds. The summed E-state index contributed by atoms with van der Waals surface area (Å²) in [6, 6.07) is 32.1. The molecule has 0 aromatic heterocycles. The first-order valence-corrected chi connectivity index (χ1v) is 10.6. The van der Waals surface area contributed by atoms with Gasteiger partial charge in [0.2, 0.25) is 0 Å². The molecule has 0 aliphatic carbocycles. The zero-order chi connectivity index (χ0) is 22.9. The molecule has 0 aliphatic heterocycles. The first-order valence-electron chi connectivity index (χ1n) is 10.6. The van der Waals surface area contributed by atoms with Crippen molar-refractivity contribution in [1.29, 1.82) is 0 Å². The number of anilines is 1. The third-order valence-corrected chi connectivity index (χ3v) is 5.00. The summed E-state index contributed by atoms with van der Waals surface area (Å²) in [6.07, 6.45) is 0. The number of carbonyl (C=O) groups is 1. The fourth-order valence-electron chi connectivity index (χ4n) is 3.32. The summed E-state index contributed by atoms with van der Waals surface area (Å²) in [5.74, 6) is 1.93. The third kappa shape index (κ3) is 6.21. The van der Waals surface area contributed by atoms with E-state index in [1.54, 1.807) is 25.3 Å². The van der Waals surface area contributed by atoms with Crippen LogP contribution in [0.2, 0.25) is 0 Å². The molecule has 0 unspecified atom stereocenters. The van der Waals surface area contributed by atoms with Crippen LogP contribution in [0.5, 0.6) is 17.2 Å². The molecular weight excluding hydrogens is 414 g/mol. The first-order chi connectivity index (χ1) is 16.2. The highest BCUT2D eigenvalue weighted by atomic mass is 16.5. The van der Waals surface area contributed by atoms with Crippen LogP contribution in [0.25, 0.3) is 0 Å². The van der Waals surface area contributed by atoms with Crippen molar-refractivity contribution in [1.82, 2.24) is 0 Å². The van der Waals surface area contributed by atoms with E-state index in [4.69, 9.17) is 14.2 Å². The van der Waals surface area contributed by atoms with Gasteiger partial charge in [-0.15, -0.1) is 0 Å². The largest absolute Gasteiger partial charge is 0.496 e. The Labute approximate surface area is 193 Å². The van der Waals surface area contributed by atoms with Crippen molar-refractivity contribution in [3.05, 3.63) is 120 Å². The van der Waals surface area contributed by atoms with E-state index in [2.05, 4.69) is 5.32 Å². The molecule has 0 radical (unpaired) electrons. The van der Waals surface area contributed by atoms with Gasteiger partial charge in [0, 0.05) is 16.8 Å². The van der Waals surface area contributed by atoms with Gasteiger partial charge in [0.1, 0.15) is 17.2 Å². The molecule has 0 atom stereocenters. The van der Waals surface area contributed by atoms with E-state index in [0.717, 1.165) is 16.9 Å². The Morgan fingerprint density at radius 3 is 2.12 bits per heavy atom. The Morgan fingerprint density at radius 1 is 0.758 bits per heavy atom. The molecule has 0 saturated heterocycles. The van der Waals surface area contributed by atoms with Gasteiger partial charge in [-0.05, 0) is 60.2 Å². The van der Waals surface area contributed by atoms with Gasteiger partial charge < -0.3 is 19.5 Å². The fourth-order valence-corrected chi connectivity index (χ4v) is 3.32. The molecule has 0 fully saturated rings. The summed E-state index contributed by atoms with van der Waals surface area (Å²) >= 11 is 0. The van der Waals surface area contributed by atoms with Gasteiger partial charge in [0.25, 0.3) is 5.91 Å². The first kappa shape index (κ1) is 22.1. The number of benzene rings is 4. The number of para-hydroxylation sites is 1. The van der Waals surface area contributed by atoms with Gasteiger partial charge in [-0.2, -0.15) is 0 Å². The lowest BCUT2D eigenvalue weighted by Crippen LogP contribution is -2.12. The van der Waals surface area contributed by atoms with Crippen LogP contribution in [0.15, 0.2) is 103 Å². The Hall–Kier alpha value is -4.09. The summed E-state index contributed by atoms with van der Waals surface area (Å²) in [6.45, 7) is 0.822. The average molecular weight is 440 g/mol. The van der Waals surface area contributed by atoms with Crippen molar-refractivity contribution in [2.24, 2.45) is 0 Å². The van der Waals surface area contributed by atoms with Crippen molar-refractivity contribution in [2.45, 2.75) is 13.2 Å². The molecule has 0 saturated carbocycles. The predicted molar refractivity (Wildman–Crippen MR) is 129 cm³/mol. The van der Waals surface area contributed by atoms with Crippen LogP contribution < -0.4 is 14.8 Å². The smallest absolute Gasteiger partial charge is 0.255 e. The van der Waals surface area contributed by atoms with E-state index in [-0.39, 0.29) is 5.91 Å².